The van der Waals surface area contributed by atoms with Gasteiger partial charge < -0.3 is 4.43 Å². The Hall–Kier alpha value is 0.757. The molecule has 9 heavy (non-hydrogen) atoms. The van der Waals surface area contributed by atoms with Crippen LogP contribution in [0.5, 0.6) is 0 Å². The van der Waals surface area contributed by atoms with E-state index in [9.17, 15) is 0 Å². The number of alkyl halides is 2. The van der Waals surface area contributed by atoms with E-state index in [0.717, 1.165) is 0 Å². The molecular weight excluding hydrogens is 175 g/mol. The van der Waals surface area contributed by atoms with Crippen molar-refractivity contribution in [2.75, 3.05) is 18.0 Å². The number of hydrogen-bond donors (Lipinski definition) is 0. The summed E-state index contributed by atoms with van der Waals surface area (Å²) in [5.74, 6) is 0.563. The van der Waals surface area contributed by atoms with Crippen LogP contribution in [0.2, 0.25) is 13.1 Å². The molecule has 0 aromatic rings. The van der Waals surface area contributed by atoms with E-state index in [0.29, 0.717) is 18.0 Å². The Morgan fingerprint density at radius 2 is 1.89 bits per heavy atom. The van der Waals surface area contributed by atoms with Crippen LogP contribution in [0.15, 0.2) is 0 Å². The molecule has 0 radical (unpaired) electrons. The lowest BCUT2D eigenvalue weighted by atomic mass is 10.9. The monoisotopic (exact) mass is 186 g/mol. The van der Waals surface area contributed by atoms with Crippen LogP contribution in [0, 0.1) is 0 Å². The Kier molecular flexibility index (Phi) is 4.94. The molecule has 0 rings (SSSR count). The summed E-state index contributed by atoms with van der Waals surface area (Å²) >= 11 is 11.0. The van der Waals surface area contributed by atoms with E-state index in [-0.39, 0.29) is 0 Å². The van der Waals surface area contributed by atoms with Crippen molar-refractivity contribution in [2.24, 2.45) is 0 Å². The third-order valence-corrected chi connectivity index (χ3v) is 4.61. The second-order valence-corrected chi connectivity index (χ2v) is 7.69. The van der Waals surface area contributed by atoms with Crippen molar-refractivity contribution in [1.29, 1.82) is 0 Å². The molecular formula is C5H12Cl2OSi. The molecule has 0 aliphatic heterocycles. The van der Waals surface area contributed by atoms with Gasteiger partial charge in [0.1, 0.15) is 0 Å². The fraction of sp³-hybridized carbons (Fsp3) is 1.00. The molecule has 0 atom stereocenters. The first-order valence-corrected chi connectivity index (χ1v) is 7.07. The third kappa shape index (κ3) is 5.21. The fourth-order valence-corrected chi connectivity index (χ4v) is 1.52. The van der Waals surface area contributed by atoms with Gasteiger partial charge in [0.05, 0.1) is 0 Å². The molecule has 0 spiro atoms. The highest BCUT2D eigenvalue weighted by molar-refractivity contribution is 6.77. The van der Waals surface area contributed by atoms with Gasteiger partial charge in [-0.05, 0) is 13.1 Å². The predicted octanol–water partition coefficient (Wildman–Crippen LogP) is 2.22. The molecule has 0 fully saturated rings. The van der Waals surface area contributed by atoms with Crippen LogP contribution in [0.1, 0.15) is 0 Å². The van der Waals surface area contributed by atoms with Gasteiger partial charge in [0.15, 0.2) is 0 Å². The highest BCUT2D eigenvalue weighted by Crippen LogP contribution is 2.05. The summed E-state index contributed by atoms with van der Waals surface area (Å²) in [6.07, 6.45) is 0. The molecule has 0 aliphatic carbocycles. The summed E-state index contributed by atoms with van der Waals surface area (Å²) < 4.78 is 5.40. The maximum atomic E-state index is 5.62. The van der Waals surface area contributed by atoms with Crippen molar-refractivity contribution < 1.29 is 4.43 Å². The minimum atomic E-state index is -1.52. The highest BCUT2D eigenvalue weighted by atomic mass is 35.5. The summed E-state index contributed by atoms with van der Waals surface area (Å²) in [6.45, 7) is 4.78. The lowest BCUT2D eigenvalue weighted by molar-refractivity contribution is 0.336. The molecule has 0 heterocycles. The summed E-state index contributed by atoms with van der Waals surface area (Å²) in [5, 5.41) is 0. The molecule has 0 saturated heterocycles. The van der Waals surface area contributed by atoms with Gasteiger partial charge in [0, 0.05) is 18.0 Å². The van der Waals surface area contributed by atoms with Crippen molar-refractivity contribution in [1.82, 2.24) is 0 Å². The number of halogens is 2. The summed E-state index contributed by atoms with van der Waals surface area (Å²) in [7, 11) is -1.52. The van der Waals surface area contributed by atoms with E-state index in [1.54, 1.807) is 0 Å². The average Bonchev–Trinajstić information content (AvgIpc) is 1.84. The van der Waals surface area contributed by atoms with Crippen molar-refractivity contribution in [3.05, 3.63) is 0 Å². The zero-order chi connectivity index (χ0) is 7.33. The molecule has 0 bridgehead atoms. The lowest BCUT2D eigenvalue weighted by Crippen LogP contribution is -2.33. The van der Waals surface area contributed by atoms with Crippen LogP contribution in [0.25, 0.3) is 0 Å². The molecule has 56 valence electrons. The smallest absolute Gasteiger partial charge is 0.201 e. The molecule has 0 N–H and O–H groups in total. The Morgan fingerprint density at radius 1 is 1.33 bits per heavy atom. The van der Waals surface area contributed by atoms with Crippen molar-refractivity contribution in [3.8, 4) is 0 Å². The minimum absolute atomic E-state index is 0.563. The standard InChI is InChI=1S/C5H12Cl2OSi/c1-9(2,5-7)8-4-3-6/h3-5H2,1-2H3. The fourth-order valence-electron chi connectivity index (χ4n) is 0.353. The van der Waals surface area contributed by atoms with E-state index in [4.69, 9.17) is 27.6 Å². The molecule has 1 nitrogen and oxygen atoms in total. The van der Waals surface area contributed by atoms with Gasteiger partial charge in [-0.3, -0.25) is 0 Å². The maximum Gasteiger partial charge on any atom is 0.201 e. The van der Waals surface area contributed by atoms with Crippen LogP contribution in [0.3, 0.4) is 0 Å². The third-order valence-electron chi connectivity index (χ3n) is 0.892. The number of hydrogen-bond acceptors (Lipinski definition) is 1. The zero-order valence-corrected chi connectivity index (χ0v) is 8.30. The highest BCUT2D eigenvalue weighted by Gasteiger charge is 2.19. The summed E-state index contributed by atoms with van der Waals surface area (Å²) in [4.78, 5) is 0. The quantitative estimate of drug-likeness (QED) is 0.484. The van der Waals surface area contributed by atoms with Crippen LogP contribution in [0.4, 0.5) is 0 Å². The van der Waals surface area contributed by atoms with Gasteiger partial charge in [0.2, 0.25) is 8.32 Å². The zero-order valence-electron chi connectivity index (χ0n) is 5.79. The van der Waals surface area contributed by atoms with Crippen LogP contribution in [-0.2, 0) is 4.43 Å². The number of rotatable bonds is 4. The Balaban J connectivity index is 3.33. The molecule has 0 saturated carbocycles. The van der Waals surface area contributed by atoms with Gasteiger partial charge in [-0.15, -0.1) is 23.2 Å². The minimum Gasteiger partial charge on any atom is -0.415 e. The first-order chi connectivity index (χ1) is 4.12. The Labute approximate surface area is 67.4 Å². The van der Waals surface area contributed by atoms with Crippen LogP contribution < -0.4 is 0 Å². The summed E-state index contributed by atoms with van der Waals surface area (Å²) in [5.41, 5.74) is 0.643. The second-order valence-electron chi connectivity index (χ2n) is 2.43. The first-order valence-electron chi connectivity index (χ1n) is 2.88. The molecule has 0 aliphatic rings. The second kappa shape index (κ2) is 4.55. The van der Waals surface area contributed by atoms with Crippen LogP contribution >= 0.6 is 23.2 Å². The van der Waals surface area contributed by atoms with Gasteiger partial charge in [0.25, 0.3) is 0 Å². The van der Waals surface area contributed by atoms with E-state index >= 15 is 0 Å². The van der Waals surface area contributed by atoms with E-state index in [1.807, 2.05) is 0 Å². The Bertz CT molecular complexity index is 77.4. The first kappa shape index (κ1) is 9.76. The van der Waals surface area contributed by atoms with E-state index in [2.05, 4.69) is 13.1 Å². The van der Waals surface area contributed by atoms with Crippen LogP contribution in [-0.4, -0.2) is 26.3 Å². The topological polar surface area (TPSA) is 9.23 Å². The average molecular weight is 187 g/mol. The van der Waals surface area contributed by atoms with Crippen molar-refractivity contribution in [3.63, 3.8) is 0 Å². The predicted molar refractivity (Wildman–Crippen MR) is 44.9 cm³/mol. The van der Waals surface area contributed by atoms with Gasteiger partial charge in [-0.1, -0.05) is 0 Å². The maximum absolute atomic E-state index is 5.62. The molecule has 0 aromatic carbocycles. The SMILES string of the molecule is C[Si](C)(CCl)OCCCl. The van der Waals surface area contributed by atoms with E-state index in [1.165, 1.54) is 0 Å². The van der Waals surface area contributed by atoms with Crippen molar-refractivity contribution in [2.45, 2.75) is 13.1 Å². The van der Waals surface area contributed by atoms with E-state index < -0.39 is 8.32 Å². The van der Waals surface area contributed by atoms with Crippen molar-refractivity contribution >= 4 is 31.5 Å². The van der Waals surface area contributed by atoms with Gasteiger partial charge >= 0.3 is 0 Å². The molecule has 0 unspecified atom stereocenters. The molecule has 0 aromatic heterocycles. The normalized spacial score (nSPS) is 12.0. The summed E-state index contributed by atoms with van der Waals surface area (Å²) in [6, 6.07) is 0. The Morgan fingerprint density at radius 3 is 2.22 bits per heavy atom. The lowest BCUT2D eigenvalue weighted by Gasteiger charge is -2.18. The molecule has 4 heteroatoms. The van der Waals surface area contributed by atoms with Gasteiger partial charge in [-0.25, -0.2) is 0 Å². The largest absolute Gasteiger partial charge is 0.415 e. The van der Waals surface area contributed by atoms with Gasteiger partial charge in [-0.2, -0.15) is 0 Å². The molecule has 0 amide bonds.